The van der Waals surface area contributed by atoms with E-state index in [1.165, 1.54) is 0 Å². The molecule has 2 aromatic carbocycles. The van der Waals surface area contributed by atoms with Gasteiger partial charge in [-0.05, 0) is 24.3 Å². The van der Waals surface area contributed by atoms with Crippen LogP contribution in [0.25, 0.3) is 33.9 Å². The highest BCUT2D eigenvalue weighted by Crippen LogP contribution is 2.26. The Morgan fingerprint density at radius 3 is 2.76 bits per heavy atom. The summed E-state index contributed by atoms with van der Waals surface area (Å²) in [7, 11) is 0. The monoisotopic (exact) mass is 295 g/mol. The van der Waals surface area contributed by atoms with Gasteiger partial charge in [-0.1, -0.05) is 47.1 Å². The molecular weight excluding hydrogens is 286 g/mol. The van der Waals surface area contributed by atoms with E-state index >= 15 is 0 Å². The molecule has 0 aliphatic rings. The average molecular weight is 296 g/mol. The van der Waals surface area contributed by atoms with Gasteiger partial charge in [0.25, 0.3) is 5.89 Å². The second-order valence-corrected chi connectivity index (χ2v) is 5.14. The number of hydrogen-bond donors (Lipinski definition) is 1. The standard InChI is InChI=1S/C16H10ClN3O/c17-12-6-3-5-11(8-12)15-19-16(21-20-15)14-9-10-4-1-2-7-13(10)18-14/h1-9,18H. The molecule has 0 saturated heterocycles. The maximum Gasteiger partial charge on any atom is 0.274 e. The molecule has 2 aromatic heterocycles. The Hall–Kier alpha value is -2.59. The van der Waals surface area contributed by atoms with E-state index in [-0.39, 0.29) is 0 Å². The summed E-state index contributed by atoms with van der Waals surface area (Å²) in [5, 5.41) is 5.76. The lowest BCUT2D eigenvalue weighted by Crippen LogP contribution is -1.81. The van der Waals surface area contributed by atoms with E-state index in [1.54, 1.807) is 6.07 Å². The van der Waals surface area contributed by atoms with Crippen molar-refractivity contribution in [3.63, 3.8) is 0 Å². The number of aromatic amines is 1. The van der Waals surface area contributed by atoms with Crippen LogP contribution < -0.4 is 0 Å². The van der Waals surface area contributed by atoms with E-state index in [1.807, 2.05) is 48.5 Å². The molecule has 0 amide bonds. The molecule has 4 aromatic rings. The molecule has 0 radical (unpaired) electrons. The molecule has 0 bridgehead atoms. The zero-order valence-electron chi connectivity index (χ0n) is 10.9. The summed E-state index contributed by atoms with van der Waals surface area (Å²) in [5.74, 6) is 0.979. The van der Waals surface area contributed by atoms with Crippen LogP contribution in [0.4, 0.5) is 0 Å². The Labute approximate surface area is 125 Å². The fourth-order valence-corrected chi connectivity index (χ4v) is 2.46. The van der Waals surface area contributed by atoms with Crippen molar-refractivity contribution in [2.75, 3.05) is 0 Å². The van der Waals surface area contributed by atoms with E-state index < -0.39 is 0 Å². The highest BCUT2D eigenvalue weighted by molar-refractivity contribution is 6.30. The Bertz CT molecular complexity index is 893. The molecule has 2 heterocycles. The number of para-hydroxylation sites is 1. The second-order valence-electron chi connectivity index (χ2n) is 4.70. The SMILES string of the molecule is Clc1cccc(-c2noc(-c3cc4ccccc4[nH]3)n2)c1. The maximum atomic E-state index is 5.98. The number of benzene rings is 2. The van der Waals surface area contributed by atoms with Gasteiger partial charge in [-0.15, -0.1) is 0 Å². The van der Waals surface area contributed by atoms with Crippen molar-refractivity contribution in [2.45, 2.75) is 0 Å². The summed E-state index contributed by atoms with van der Waals surface area (Å²) < 4.78 is 5.34. The molecule has 21 heavy (non-hydrogen) atoms. The number of nitrogens with one attached hydrogen (secondary N) is 1. The molecule has 4 rings (SSSR count). The van der Waals surface area contributed by atoms with Crippen molar-refractivity contribution in [3.8, 4) is 23.0 Å². The third kappa shape index (κ3) is 2.19. The first-order valence-electron chi connectivity index (χ1n) is 6.47. The molecule has 0 aliphatic carbocycles. The summed E-state index contributed by atoms with van der Waals surface area (Å²) in [5.41, 5.74) is 2.67. The number of fused-ring (bicyclic) bond motifs is 1. The Morgan fingerprint density at radius 2 is 1.90 bits per heavy atom. The predicted molar refractivity (Wildman–Crippen MR) is 82.0 cm³/mol. The van der Waals surface area contributed by atoms with Crippen molar-refractivity contribution < 1.29 is 4.52 Å². The minimum absolute atomic E-state index is 0.459. The first kappa shape index (κ1) is 12.2. The van der Waals surface area contributed by atoms with Crippen LogP contribution in [0.1, 0.15) is 0 Å². The normalized spacial score (nSPS) is 11.1. The van der Waals surface area contributed by atoms with Gasteiger partial charge in [0, 0.05) is 21.5 Å². The molecule has 4 nitrogen and oxygen atoms in total. The highest BCUT2D eigenvalue weighted by atomic mass is 35.5. The molecule has 1 N–H and O–H groups in total. The third-order valence-corrected chi connectivity index (χ3v) is 3.50. The lowest BCUT2D eigenvalue weighted by atomic mass is 10.2. The fourth-order valence-electron chi connectivity index (χ4n) is 2.27. The van der Waals surface area contributed by atoms with Gasteiger partial charge in [0.15, 0.2) is 0 Å². The van der Waals surface area contributed by atoms with E-state index in [0.717, 1.165) is 22.2 Å². The van der Waals surface area contributed by atoms with Crippen LogP contribution in [-0.2, 0) is 0 Å². The summed E-state index contributed by atoms with van der Waals surface area (Å²) in [6, 6.07) is 17.4. The number of H-pyrrole nitrogens is 1. The first-order valence-corrected chi connectivity index (χ1v) is 6.85. The van der Waals surface area contributed by atoms with Crippen molar-refractivity contribution in [2.24, 2.45) is 0 Å². The van der Waals surface area contributed by atoms with Crippen LogP contribution in [0.15, 0.2) is 59.1 Å². The molecule has 0 unspecified atom stereocenters. The summed E-state index contributed by atoms with van der Waals surface area (Å²) >= 11 is 5.98. The lowest BCUT2D eigenvalue weighted by molar-refractivity contribution is 0.431. The van der Waals surface area contributed by atoms with Crippen molar-refractivity contribution >= 4 is 22.5 Å². The van der Waals surface area contributed by atoms with Gasteiger partial charge in [-0.3, -0.25) is 0 Å². The molecule has 0 saturated carbocycles. The smallest absolute Gasteiger partial charge is 0.274 e. The zero-order chi connectivity index (χ0) is 14.2. The molecule has 0 atom stereocenters. The van der Waals surface area contributed by atoms with E-state index in [0.29, 0.717) is 16.7 Å². The van der Waals surface area contributed by atoms with Gasteiger partial charge in [0.2, 0.25) is 5.82 Å². The van der Waals surface area contributed by atoms with E-state index in [4.69, 9.17) is 16.1 Å². The molecule has 102 valence electrons. The van der Waals surface area contributed by atoms with Crippen molar-refractivity contribution in [1.29, 1.82) is 0 Å². The van der Waals surface area contributed by atoms with Gasteiger partial charge in [0.1, 0.15) is 5.69 Å². The largest absolute Gasteiger partial charge is 0.351 e. The number of hydrogen-bond acceptors (Lipinski definition) is 3. The van der Waals surface area contributed by atoms with Crippen molar-refractivity contribution in [3.05, 3.63) is 59.6 Å². The van der Waals surface area contributed by atoms with Crippen LogP contribution in [0.5, 0.6) is 0 Å². The van der Waals surface area contributed by atoms with Crippen molar-refractivity contribution in [1.82, 2.24) is 15.1 Å². The number of aromatic nitrogens is 3. The minimum atomic E-state index is 0.459. The van der Waals surface area contributed by atoms with E-state index in [9.17, 15) is 0 Å². The van der Waals surface area contributed by atoms with Crippen LogP contribution in [-0.4, -0.2) is 15.1 Å². The second kappa shape index (κ2) is 4.75. The highest BCUT2D eigenvalue weighted by Gasteiger charge is 2.12. The van der Waals surface area contributed by atoms with Crippen LogP contribution in [0.2, 0.25) is 5.02 Å². The number of halogens is 1. The maximum absolute atomic E-state index is 5.98. The van der Waals surface area contributed by atoms with Gasteiger partial charge in [-0.2, -0.15) is 4.98 Å². The Morgan fingerprint density at radius 1 is 1.00 bits per heavy atom. The van der Waals surface area contributed by atoms with Gasteiger partial charge >= 0.3 is 0 Å². The van der Waals surface area contributed by atoms with E-state index in [2.05, 4.69) is 15.1 Å². The average Bonchev–Trinajstić information content (AvgIpc) is 3.14. The number of rotatable bonds is 2. The molecule has 5 heteroatoms. The summed E-state index contributed by atoms with van der Waals surface area (Å²) in [6.07, 6.45) is 0. The molecule has 0 spiro atoms. The van der Waals surface area contributed by atoms with Crippen LogP contribution >= 0.6 is 11.6 Å². The van der Waals surface area contributed by atoms with Crippen LogP contribution in [0, 0.1) is 0 Å². The van der Waals surface area contributed by atoms with Gasteiger partial charge in [0.05, 0.1) is 0 Å². The molecule has 0 aliphatic heterocycles. The van der Waals surface area contributed by atoms with Crippen LogP contribution in [0.3, 0.4) is 0 Å². The fraction of sp³-hybridized carbons (Fsp3) is 0. The zero-order valence-corrected chi connectivity index (χ0v) is 11.6. The summed E-state index contributed by atoms with van der Waals surface area (Å²) in [6.45, 7) is 0. The number of nitrogens with zero attached hydrogens (tertiary/aromatic N) is 2. The summed E-state index contributed by atoms with van der Waals surface area (Å²) in [4.78, 5) is 7.69. The van der Waals surface area contributed by atoms with Gasteiger partial charge in [-0.25, -0.2) is 0 Å². The first-order chi connectivity index (χ1) is 10.3. The quantitative estimate of drug-likeness (QED) is 0.591. The molecular formula is C16H10ClN3O. The lowest BCUT2D eigenvalue weighted by Gasteiger charge is -1.93. The molecule has 0 fully saturated rings. The Kier molecular flexibility index (Phi) is 2.75. The third-order valence-electron chi connectivity index (χ3n) is 3.27. The Balaban J connectivity index is 1.77. The van der Waals surface area contributed by atoms with Gasteiger partial charge < -0.3 is 9.51 Å². The predicted octanol–water partition coefficient (Wildman–Crippen LogP) is 4.54. The minimum Gasteiger partial charge on any atom is -0.351 e. The topological polar surface area (TPSA) is 54.7 Å².